The fourth-order valence-electron chi connectivity index (χ4n) is 1.37. The lowest BCUT2D eigenvalue weighted by Crippen LogP contribution is -2.32. The summed E-state index contributed by atoms with van der Waals surface area (Å²) in [5, 5.41) is 6.68. The normalized spacial score (nSPS) is 13.8. The molecular weight excluding hydrogens is 302 g/mol. The number of nitrogens with zero attached hydrogens (tertiary/aromatic N) is 3. The minimum absolute atomic E-state index is 0.0479. The molecule has 0 aliphatic heterocycles. The van der Waals surface area contributed by atoms with E-state index in [1.807, 2.05) is 0 Å². The van der Waals surface area contributed by atoms with Crippen LogP contribution in [-0.4, -0.2) is 37.9 Å². The molecule has 0 aliphatic carbocycles. The Balaban J connectivity index is 3.61. The van der Waals surface area contributed by atoms with Crippen LogP contribution in [0.5, 0.6) is 0 Å². The second-order valence-corrected chi connectivity index (χ2v) is 9.30. The molecule has 0 saturated heterocycles. The number of hydrogen-bond acceptors (Lipinski definition) is 6. The first-order valence-electron chi connectivity index (χ1n) is 5.01. The third-order valence-corrected chi connectivity index (χ3v) is 5.91. The molecule has 0 aromatic carbocycles. The van der Waals surface area contributed by atoms with Gasteiger partial charge < -0.3 is 0 Å². The van der Waals surface area contributed by atoms with Gasteiger partial charge in [-0.2, -0.15) is 0 Å². The van der Waals surface area contributed by atoms with Crippen LogP contribution in [0.3, 0.4) is 0 Å². The van der Waals surface area contributed by atoms with E-state index in [4.69, 9.17) is 10.7 Å². The Kier molecular flexibility index (Phi) is 3.81. The highest BCUT2D eigenvalue weighted by Gasteiger charge is 2.39. The van der Waals surface area contributed by atoms with Gasteiger partial charge in [-0.25, -0.2) is 16.8 Å². The molecule has 0 amide bonds. The molecular formula is C8H14ClN3O4S2. The average Bonchev–Trinajstić information content (AvgIpc) is 2.58. The predicted molar refractivity (Wildman–Crippen MR) is 66.6 cm³/mol. The first-order valence-corrected chi connectivity index (χ1v) is 9.21. The van der Waals surface area contributed by atoms with E-state index in [2.05, 4.69) is 10.2 Å². The van der Waals surface area contributed by atoms with Gasteiger partial charge in [0.1, 0.15) is 4.75 Å². The Morgan fingerprint density at radius 1 is 1.22 bits per heavy atom. The van der Waals surface area contributed by atoms with E-state index in [1.165, 1.54) is 18.4 Å². The summed E-state index contributed by atoms with van der Waals surface area (Å²) in [4.78, 5) is 0. The molecule has 0 atom stereocenters. The van der Waals surface area contributed by atoms with Crippen molar-refractivity contribution in [1.82, 2.24) is 14.8 Å². The maximum atomic E-state index is 11.7. The van der Waals surface area contributed by atoms with Gasteiger partial charge in [0, 0.05) is 23.5 Å². The largest absolute Gasteiger partial charge is 0.300 e. The molecule has 1 rings (SSSR count). The van der Waals surface area contributed by atoms with Crippen molar-refractivity contribution in [2.24, 2.45) is 0 Å². The quantitative estimate of drug-likeness (QED) is 0.750. The molecule has 0 N–H and O–H groups in total. The minimum Gasteiger partial charge on any atom is -0.300 e. The van der Waals surface area contributed by atoms with E-state index in [-0.39, 0.29) is 12.4 Å². The molecule has 18 heavy (non-hydrogen) atoms. The summed E-state index contributed by atoms with van der Waals surface area (Å²) in [6, 6.07) is 0. The molecule has 104 valence electrons. The molecule has 7 nitrogen and oxygen atoms in total. The van der Waals surface area contributed by atoms with E-state index in [1.54, 1.807) is 6.92 Å². The highest BCUT2D eigenvalue weighted by molar-refractivity contribution is 8.13. The van der Waals surface area contributed by atoms with Gasteiger partial charge in [0.15, 0.2) is 15.7 Å². The second kappa shape index (κ2) is 4.46. The molecule has 1 aromatic rings. The smallest absolute Gasteiger partial charge is 0.296 e. The minimum atomic E-state index is -4.06. The van der Waals surface area contributed by atoms with E-state index in [0.717, 1.165) is 6.26 Å². The highest BCUT2D eigenvalue weighted by Crippen LogP contribution is 2.29. The lowest BCUT2D eigenvalue weighted by molar-refractivity contribution is 0.519. The maximum absolute atomic E-state index is 11.7. The van der Waals surface area contributed by atoms with E-state index >= 15 is 0 Å². The van der Waals surface area contributed by atoms with Crippen molar-refractivity contribution in [3.63, 3.8) is 0 Å². The number of halogens is 1. The van der Waals surface area contributed by atoms with Gasteiger partial charge in [0.2, 0.25) is 0 Å². The second-order valence-electron chi connectivity index (χ2n) is 4.27. The Hall–Kier alpha value is -0.670. The molecule has 0 bridgehead atoms. The van der Waals surface area contributed by atoms with Gasteiger partial charge in [-0.15, -0.1) is 10.2 Å². The summed E-state index contributed by atoms with van der Waals surface area (Å²) in [5.74, 6) is 0.0479. The molecule has 0 unspecified atom stereocenters. The van der Waals surface area contributed by atoms with Crippen molar-refractivity contribution in [1.29, 1.82) is 0 Å². The fraction of sp³-hybridized carbons (Fsp3) is 0.750. The molecule has 1 heterocycles. The van der Waals surface area contributed by atoms with Crippen molar-refractivity contribution in [3.05, 3.63) is 5.82 Å². The Bertz CT molecular complexity index is 661. The van der Waals surface area contributed by atoms with Crippen LogP contribution in [0.15, 0.2) is 5.16 Å². The zero-order valence-electron chi connectivity index (χ0n) is 10.4. The third kappa shape index (κ3) is 2.52. The van der Waals surface area contributed by atoms with Gasteiger partial charge in [-0.05, 0) is 20.8 Å². The summed E-state index contributed by atoms with van der Waals surface area (Å²) in [6.45, 7) is 4.71. The van der Waals surface area contributed by atoms with Crippen molar-refractivity contribution < 1.29 is 16.8 Å². The predicted octanol–water partition coefficient (Wildman–Crippen LogP) is 0.505. The maximum Gasteiger partial charge on any atom is 0.296 e. The van der Waals surface area contributed by atoms with Gasteiger partial charge in [-0.3, -0.25) is 4.57 Å². The number of aromatic nitrogens is 3. The van der Waals surface area contributed by atoms with Crippen LogP contribution in [0.1, 0.15) is 26.6 Å². The van der Waals surface area contributed by atoms with Gasteiger partial charge in [0.05, 0.1) is 0 Å². The van der Waals surface area contributed by atoms with Crippen LogP contribution < -0.4 is 0 Å². The average molecular weight is 316 g/mol. The van der Waals surface area contributed by atoms with Crippen LogP contribution in [-0.2, 0) is 30.2 Å². The van der Waals surface area contributed by atoms with Crippen LogP contribution in [0, 0.1) is 0 Å². The van der Waals surface area contributed by atoms with Crippen molar-refractivity contribution in [2.45, 2.75) is 37.2 Å². The topological polar surface area (TPSA) is 99.0 Å². The van der Waals surface area contributed by atoms with Gasteiger partial charge in [-0.1, -0.05) is 0 Å². The monoisotopic (exact) mass is 315 g/mol. The molecule has 0 saturated carbocycles. The van der Waals surface area contributed by atoms with E-state index in [0.29, 0.717) is 0 Å². The standard InChI is InChI=1S/C8H14ClN3O4S2/c1-5-12-6(8(2,3)17(4,13)14)10-11-7(12)18(9,15)16/h5H2,1-4H3. The van der Waals surface area contributed by atoms with Crippen LogP contribution >= 0.6 is 10.7 Å². The highest BCUT2D eigenvalue weighted by atomic mass is 35.7. The lowest BCUT2D eigenvalue weighted by atomic mass is 10.2. The van der Waals surface area contributed by atoms with Gasteiger partial charge in [0.25, 0.3) is 14.2 Å². The number of sulfone groups is 1. The molecule has 0 radical (unpaired) electrons. The van der Waals surface area contributed by atoms with E-state index < -0.39 is 28.8 Å². The SMILES string of the molecule is CCn1c(C(C)(C)S(C)(=O)=O)nnc1S(=O)(=O)Cl. The molecule has 0 aliphatic rings. The fourth-order valence-corrected chi connectivity index (χ4v) is 2.81. The zero-order chi connectivity index (χ0) is 14.4. The summed E-state index contributed by atoms with van der Waals surface area (Å²) in [5.41, 5.74) is 0. The van der Waals surface area contributed by atoms with Crippen LogP contribution in [0.2, 0.25) is 0 Å². The summed E-state index contributed by atoms with van der Waals surface area (Å²) >= 11 is 0. The Morgan fingerprint density at radius 3 is 2.06 bits per heavy atom. The molecule has 0 spiro atoms. The Morgan fingerprint density at radius 2 is 1.72 bits per heavy atom. The lowest BCUT2D eigenvalue weighted by Gasteiger charge is -2.22. The number of hydrogen-bond donors (Lipinski definition) is 0. The van der Waals surface area contributed by atoms with Crippen molar-refractivity contribution in [2.75, 3.05) is 6.26 Å². The van der Waals surface area contributed by atoms with Crippen LogP contribution in [0.25, 0.3) is 0 Å². The molecule has 1 aromatic heterocycles. The van der Waals surface area contributed by atoms with Crippen LogP contribution in [0.4, 0.5) is 0 Å². The molecule has 0 fully saturated rings. The van der Waals surface area contributed by atoms with Gasteiger partial charge >= 0.3 is 0 Å². The zero-order valence-corrected chi connectivity index (χ0v) is 12.8. The summed E-state index contributed by atoms with van der Waals surface area (Å²) in [7, 11) is -2.33. The first kappa shape index (κ1) is 15.4. The first-order chi connectivity index (χ1) is 7.93. The summed E-state index contributed by atoms with van der Waals surface area (Å²) < 4.78 is 45.9. The Labute approximate surface area is 111 Å². The summed E-state index contributed by atoms with van der Waals surface area (Å²) in [6.07, 6.45) is 1.05. The van der Waals surface area contributed by atoms with Crippen molar-refractivity contribution >= 4 is 29.6 Å². The van der Waals surface area contributed by atoms with Crippen molar-refractivity contribution in [3.8, 4) is 0 Å². The number of rotatable bonds is 4. The van der Waals surface area contributed by atoms with E-state index in [9.17, 15) is 16.8 Å². The third-order valence-electron chi connectivity index (χ3n) is 2.72. The molecule has 10 heteroatoms.